The summed E-state index contributed by atoms with van der Waals surface area (Å²) in [5, 5.41) is 2.33. The first-order valence-corrected chi connectivity index (χ1v) is 10.7. The molecule has 0 bridgehead atoms. The number of hydrogen-bond acceptors (Lipinski definition) is 7. The standard InChI is InChI=1S/C20H20FN5O4S/c1-14-4-6-16(7-5-14)31(28,29)26-18-20(30-13-15-3-2-9-22-11-15)25-17(12-24-18)19(27)23-10-8-21/h2-7,9,11-12H,8,10,13H2,1H3,(H,23,27)(H,24,26). The van der Waals surface area contributed by atoms with E-state index in [-0.39, 0.29) is 35.4 Å². The van der Waals surface area contributed by atoms with Gasteiger partial charge in [0.2, 0.25) is 5.82 Å². The fourth-order valence-corrected chi connectivity index (χ4v) is 3.45. The van der Waals surface area contributed by atoms with Crippen molar-refractivity contribution < 1.29 is 22.3 Å². The quantitative estimate of drug-likeness (QED) is 0.518. The van der Waals surface area contributed by atoms with Crippen LogP contribution in [0.5, 0.6) is 5.88 Å². The average molecular weight is 445 g/mol. The lowest BCUT2D eigenvalue weighted by atomic mass is 10.2. The number of aryl methyl sites for hydroxylation is 1. The van der Waals surface area contributed by atoms with Crippen LogP contribution in [-0.2, 0) is 16.6 Å². The van der Waals surface area contributed by atoms with Crippen molar-refractivity contribution in [3.8, 4) is 5.88 Å². The molecule has 2 heterocycles. The first kappa shape index (κ1) is 22.1. The van der Waals surface area contributed by atoms with E-state index in [1.807, 2.05) is 6.92 Å². The van der Waals surface area contributed by atoms with Crippen molar-refractivity contribution in [2.24, 2.45) is 0 Å². The number of benzene rings is 1. The van der Waals surface area contributed by atoms with E-state index in [1.54, 1.807) is 36.7 Å². The molecule has 0 aliphatic rings. The van der Waals surface area contributed by atoms with E-state index in [2.05, 4.69) is 25.0 Å². The van der Waals surface area contributed by atoms with E-state index < -0.39 is 22.6 Å². The number of nitrogens with one attached hydrogen (secondary N) is 2. The molecule has 3 aromatic rings. The molecular weight excluding hydrogens is 425 g/mol. The lowest BCUT2D eigenvalue weighted by molar-refractivity contribution is 0.0944. The maximum atomic E-state index is 12.7. The van der Waals surface area contributed by atoms with Crippen molar-refractivity contribution >= 4 is 21.7 Å². The number of carbonyl (C=O) groups is 1. The van der Waals surface area contributed by atoms with Crippen LogP contribution in [0.3, 0.4) is 0 Å². The van der Waals surface area contributed by atoms with Gasteiger partial charge >= 0.3 is 0 Å². The molecule has 0 atom stereocenters. The molecule has 1 aromatic carbocycles. The Hall–Kier alpha value is -3.60. The highest BCUT2D eigenvalue weighted by Gasteiger charge is 2.21. The molecule has 9 nitrogen and oxygen atoms in total. The Labute approximate surface area is 178 Å². The number of rotatable bonds is 9. The smallest absolute Gasteiger partial charge is 0.271 e. The summed E-state index contributed by atoms with van der Waals surface area (Å²) in [7, 11) is -3.98. The summed E-state index contributed by atoms with van der Waals surface area (Å²) in [6, 6.07) is 9.72. The van der Waals surface area contributed by atoms with Crippen LogP contribution in [0, 0.1) is 6.92 Å². The summed E-state index contributed by atoms with van der Waals surface area (Å²) in [6.07, 6.45) is 4.25. The van der Waals surface area contributed by atoms with Crippen LogP contribution >= 0.6 is 0 Å². The molecule has 1 amide bonds. The predicted molar refractivity (Wildman–Crippen MR) is 111 cm³/mol. The van der Waals surface area contributed by atoms with Gasteiger partial charge in [-0.3, -0.25) is 14.5 Å². The molecule has 0 unspecified atom stereocenters. The van der Waals surface area contributed by atoms with E-state index in [0.29, 0.717) is 5.56 Å². The number of halogens is 1. The molecule has 0 fully saturated rings. The van der Waals surface area contributed by atoms with Crippen LogP contribution in [0.25, 0.3) is 0 Å². The topological polar surface area (TPSA) is 123 Å². The minimum Gasteiger partial charge on any atom is -0.470 e. The molecule has 0 spiro atoms. The zero-order valence-electron chi connectivity index (χ0n) is 16.6. The molecule has 3 rings (SSSR count). The van der Waals surface area contributed by atoms with Gasteiger partial charge in [-0.1, -0.05) is 23.8 Å². The number of pyridine rings is 1. The minimum atomic E-state index is -3.98. The summed E-state index contributed by atoms with van der Waals surface area (Å²) in [5.74, 6) is -1.05. The zero-order chi connectivity index (χ0) is 22.3. The number of hydrogen-bond donors (Lipinski definition) is 2. The van der Waals surface area contributed by atoms with Gasteiger partial charge < -0.3 is 10.1 Å². The van der Waals surface area contributed by atoms with Gasteiger partial charge in [0.05, 0.1) is 11.1 Å². The first-order chi connectivity index (χ1) is 14.9. The molecule has 11 heteroatoms. The molecule has 0 saturated carbocycles. The number of aromatic nitrogens is 3. The maximum absolute atomic E-state index is 12.7. The van der Waals surface area contributed by atoms with E-state index in [4.69, 9.17) is 4.74 Å². The van der Waals surface area contributed by atoms with Gasteiger partial charge in [-0.25, -0.2) is 22.8 Å². The van der Waals surface area contributed by atoms with Crippen LogP contribution in [-0.4, -0.2) is 42.5 Å². The van der Waals surface area contributed by atoms with Crippen molar-refractivity contribution in [1.29, 1.82) is 0 Å². The zero-order valence-corrected chi connectivity index (χ0v) is 17.4. The molecule has 0 aliphatic heterocycles. The first-order valence-electron chi connectivity index (χ1n) is 9.21. The fraction of sp³-hybridized carbons (Fsp3) is 0.200. The van der Waals surface area contributed by atoms with Crippen LogP contribution in [0.4, 0.5) is 10.2 Å². The molecule has 0 aliphatic carbocycles. The van der Waals surface area contributed by atoms with E-state index in [1.165, 1.54) is 12.1 Å². The van der Waals surface area contributed by atoms with Crippen molar-refractivity contribution in [2.75, 3.05) is 17.9 Å². The Kier molecular flexibility index (Phi) is 7.08. The second-order valence-electron chi connectivity index (χ2n) is 6.42. The molecule has 31 heavy (non-hydrogen) atoms. The molecule has 2 aromatic heterocycles. The van der Waals surface area contributed by atoms with Crippen molar-refractivity contribution in [3.63, 3.8) is 0 Å². The Morgan fingerprint density at radius 1 is 1.16 bits per heavy atom. The average Bonchev–Trinajstić information content (AvgIpc) is 2.77. The van der Waals surface area contributed by atoms with Gasteiger partial charge in [0.25, 0.3) is 21.8 Å². The van der Waals surface area contributed by atoms with Gasteiger partial charge in [0, 0.05) is 24.5 Å². The highest BCUT2D eigenvalue weighted by molar-refractivity contribution is 7.92. The summed E-state index contributed by atoms with van der Waals surface area (Å²) in [6.45, 7) is 0.926. The van der Waals surface area contributed by atoms with Crippen LogP contribution in [0.15, 0.2) is 59.9 Å². The van der Waals surface area contributed by atoms with Crippen molar-refractivity contribution in [3.05, 3.63) is 71.8 Å². The number of sulfonamides is 1. The van der Waals surface area contributed by atoms with Crippen molar-refractivity contribution in [2.45, 2.75) is 18.4 Å². The van der Waals surface area contributed by atoms with Crippen LogP contribution < -0.4 is 14.8 Å². The van der Waals surface area contributed by atoms with Gasteiger partial charge in [-0.05, 0) is 25.1 Å². The lowest BCUT2D eigenvalue weighted by Crippen LogP contribution is -2.27. The third-order valence-corrected chi connectivity index (χ3v) is 5.37. The summed E-state index contributed by atoms with van der Waals surface area (Å²) < 4.78 is 45.8. The Morgan fingerprint density at radius 2 is 1.94 bits per heavy atom. The van der Waals surface area contributed by atoms with Gasteiger partial charge in [0.1, 0.15) is 13.3 Å². The molecule has 0 saturated heterocycles. The number of anilines is 1. The Balaban J connectivity index is 1.89. The van der Waals surface area contributed by atoms with Gasteiger partial charge in [0.15, 0.2) is 5.69 Å². The number of nitrogens with zero attached hydrogens (tertiary/aromatic N) is 3. The Bertz CT molecular complexity index is 1140. The monoisotopic (exact) mass is 445 g/mol. The normalized spacial score (nSPS) is 11.0. The second-order valence-corrected chi connectivity index (χ2v) is 8.10. The third-order valence-electron chi connectivity index (χ3n) is 4.01. The Morgan fingerprint density at radius 3 is 2.61 bits per heavy atom. The van der Waals surface area contributed by atoms with Crippen LogP contribution in [0.2, 0.25) is 0 Å². The highest BCUT2D eigenvalue weighted by atomic mass is 32.2. The number of alkyl halides is 1. The maximum Gasteiger partial charge on any atom is 0.271 e. The lowest BCUT2D eigenvalue weighted by Gasteiger charge is -2.13. The third kappa shape index (κ3) is 5.95. The second kappa shape index (κ2) is 9.94. The van der Waals surface area contributed by atoms with E-state index in [0.717, 1.165) is 11.8 Å². The fourth-order valence-electron chi connectivity index (χ4n) is 2.44. The SMILES string of the molecule is Cc1ccc(S(=O)(=O)Nc2ncc(C(=O)NCCF)nc2OCc2cccnc2)cc1. The summed E-state index contributed by atoms with van der Waals surface area (Å²) in [5.41, 5.74) is 1.46. The molecule has 0 radical (unpaired) electrons. The van der Waals surface area contributed by atoms with E-state index in [9.17, 15) is 17.6 Å². The largest absolute Gasteiger partial charge is 0.470 e. The molecule has 162 valence electrons. The van der Waals surface area contributed by atoms with Gasteiger partial charge in [-0.15, -0.1) is 0 Å². The van der Waals surface area contributed by atoms with Crippen molar-refractivity contribution in [1.82, 2.24) is 20.3 Å². The molecule has 2 N–H and O–H groups in total. The predicted octanol–water partition coefficient (Wildman–Crippen LogP) is 2.26. The number of amides is 1. The minimum absolute atomic E-state index is 0.0112. The summed E-state index contributed by atoms with van der Waals surface area (Å²) >= 11 is 0. The number of ether oxygens (including phenoxy) is 1. The summed E-state index contributed by atoms with van der Waals surface area (Å²) in [4.78, 5) is 24.2. The number of carbonyl (C=O) groups excluding carboxylic acids is 1. The van der Waals surface area contributed by atoms with Crippen LogP contribution in [0.1, 0.15) is 21.6 Å². The highest BCUT2D eigenvalue weighted by Crippen LogP contribution is 2.24. The van der Waals surface area contributed by atoms with E-state index >= 15 is 0 Å². The van der Waals surface area contributed by atoms with Gasteiger partial charge in [-0.2, -0.15) is 0 Å². The molecular formula is C20H20FN5O4S.